The summed E-state index contributed by atoms with van der Waals surface area (Å²) in [4.78, 5) is 0. The summed E-state index contributed by atoms with van der Waals surface area (Å²) in [5, 5.41) is 3.27. The Morgan fingerprint density at radius 1 is 1.25 bits per heavy atom. The van der Waals surface area contributed by atoms with E-state index in [4.69, 9.17) is 25.8 Å². The minimum atomic E-state index is 0.392. The number of nitrogens with one attached hydrogen (secondary N) is 1. The Bertz CT molecular complexity index is 435. The van der Waals surface area contributed by atoms with Crippen LogP contribution in [0.5, 0.6) is 17.2 Å². The fraction of sp³-hybridized carbons (Fsp3) is 0.467. The van der Waals surface area contributed by atoms with E-state index in [0.29, 0.717) is 23.9 Å². The molecule has 0 aliphatic rings. The van der Waals surface area contributed by atoms with Crippen molar-refractivity contribution in [1.82, 2.24) is 5.32 Å². The Morgan fingerprint density at radius 3 is 2.30 bits per heavy atom. The van der Waals surface area contributed by atoms with Crippen molar-refractivity contribution in [1.29, 1.82) is 0 Å². The van der Waals surface area contributed by atoms with Crippen LogP contribution in [0.4, 0.5) is 0 Å². The number of hydrogen-bond acceptors (Lipinski definition) is 4. The molecule has 0 saturated carbocycles. The SMILES string of the molecule is CCNCc1cc(OC)c(OC/C(C)=C/Cl)c(OC)c1. The highest BCUT2D eigenvalue weighted by atomic mass is 35.5. The highest BCUT2D eigenvalue weighted by molar-refractivity contribution is 6.25. The molecule has 112 valence electrons. The van der Waals surface area contributed by atoms with Gasteiger partial charge in [0, 0.05) is 12.1 Å². The number of benzene rings is 1. The standard InChI is InChI=1S/C15H22ClNO3/c1-5-17-9-12-6-13(18-3)15(14(7-12)19-4)20-10-11(2)8-16/h6-8,17H,5,9-10H2,1-4H3/b11-8+. The van der Waals surface area contributed by atoms with E-state index in [0.717, 1.165) is 24.2 Å². The maximum absolute atomic E-state index is 5.74. The molecule has 1 N–H and O–H groups in total. The normalized spacial score (nSPS) is 11.3. The molecule has 1 aromatic rings. The molecule has 0 aromatic heterocycles. The zero-order valence-electron chi connectivity index (χ0n) is 12.5. The van der Waals surface area contributed by atoms with Crippen LogP contribution in [-0.4, -0.2) is 27.4 Å². The topological polar surface area (TPSA) is 39.7 Å². The molecule has 1 rings (SSSR count). The lowest BCUT2D eigenvalue weighted by atomic mass is 10.1. The maximum Gasteiger partial charge on any atom is 0.203 e. The van der Waals surface area contributed by atoms with Crippen LogP contribution in [0, 0.1) is 0 Å². The van der Waals surface area contributed by atoms with Crippen molar-refractivity contribution < 1.29 is 14.2 Å². The third-order valence-corrected chi connectivity index (χ3v) is 3.10. The van der Waals surface area contributed by atoms with Gasteiger partial charge in [-0.15, -0.1) is 0 Å². The molecular weight excluding hydrogens is 278 g/mol. The molecule has 1 aromatic carbocycles. The molecule has 5 heteroatoms. The average Bonchev–Trinajstić information content (AvgIpc) is 2.49. The first-order chi connectivity index (χ1) is 9.65. The summed E-state index contributed by atoms with van der Waals surface area (Å²) >= 11 is 5.64. The molecule has 0 aliphatic carbocycles. The molecule has 20 heavy (non-hydrogen) atoms. The van der Waals surface area contributed by atoms with Gasteiger partial charge in [-0.05, 0) is 36.7 Å². The smallest absolute Gasteiger partial charge is 0.203 e. The molecule has 0 radical (unpaired) electrons. The second-order valence-corrected chi connectivity index (χ2v) is 4.57. The molecule has 0 unspecified atom stereocenters. The number of ether oxygens (including phenoxy) is 3. The predicted molar refractivity (Wildman–Crippen MR) is 82.0 cm³/mol. The number of rotatable bonds is 8. The van der Waals surface area contributed by atoms with Crippen molar-refractivity contribution in [3.8, 4) is 17.2 Å². The lowest BCUT2D eigenvalue weighted by molar-refractivity contribution is 0.295. The third kappa shape index (κ3) is 4.62. The van der Waals surface area contributed by atoms with Crippen LogP contribution in [0.1, 0.15) is 19.4 Å². The van der Waals surface area contributed by atoms with Crippen molar-refractivity contribution in [3.63, 3.8) is 0 Å². The zero-order chi connectivity index (χ0) is 15.0. The summed E-state index contributed by atoms with van der Waals surface area (Å²) in [6.45, 7) is 6.01. The monoisotopic (exact) mass is 299 g/mol. The van der Waals surface area contributed by atoms with Gasteiger partial charge in [-0.2, -0.15) is 0 Å². The lowest BCUT2D eigenvalue weighted by Gasteiger charge is -2.16. The van der Waals surface area contributed by atoms with Crippen LogP contribution in [0.2, 0.25) is 0 Å². The van der Waals surface area contributed by atoms with Crippen molar-refractivity contribution in [2.45, 2.75) is 20.4 Å². The first-order valence-electron chi connectivity index (χ1n) is 6.50. The van der Waals surface area contributed by atoms with E-state index in [1.165, 1.54) is 5.54 Å². The summed E-state index contributed by atoms with van der Waals surface area (Å²) < 4.78 is 16.5. The number of hydrogen-bond donors (Lipinski definition) is 1. The summed E-state index contributed by atoms with van der Waals surface area (Å²) in [7, 11) is 3.23. The average molecular weight is 300 g/mol. The summed E-state index contributed by atoms with van der Waals surface area (Å²) in [6, 6.07) is 3.89. The quantitative estimate of drug-likeness (QED) is 0.799. The van der Waals surface area contributed by atoms with Crippen molar-refractivity contribution in [2.75, 3.05) is 27.4 Å². The molecule has 4 nitrogen and oxygen atoms in total. The van der Waals surface area contributed by atoms with Crippen LogP contribution < -0.4 is 19.5 Å². The Hall–Kier alpha value is -1.39. The summed E-state index contributed by atoms with van der Waals surface area (Å²) in [6.07, 6.45) is 0. The maximum atomic E-state index is 5.74. The molecule has 0 amide bonds. The molecular formula is C15H22ClNO3. The Labute approximate surface area is 125 Å². The molecule has 0 atom stereocenters. The first-order valence-corrected chi connectivity index (χ1v) is 6.94. The van der Waals surface area contributed by atoms with Crippen LogP contribution in [0.15, 0.2) is 23.2 Å². The number of halogens is 1. The Kier molecular flexibility index (Phi) is 7.26. The van der Waals surface area contributed by atoms with E-state index in [-0.39, 0.29) is 0 Å². The molecule has 0 heterocycles. The lowest BCUT2D eigenvalue weighted by Crippen LogP contribution is -2.12. The van der Waals surface area contributed by atoms with E-state index < -0.39 is 0 Å². The van der Waals surface area contributed by atoms with Gasteiger partial charge in [0.2, 0.25) is 5.75 Å². The zero-order valence-corrected chi connectivity index (χ0v) is 13.2. The van der Waals surface area contributed by atoms with Gasteiger partial charge in [-0.1, -0.05) is 18.5 Å². The highest BCUT2D eigenvalue weighted by Gasteiger charge is 2.14. The Balaban J connectivity index is 3.01. The van der Waals surface area contributed by atoms with Gasteiger partial charge in [-0.3, -0.25) is 0 Å². The molecule has 0 spiro atoms. The molecule has 0 bridgehead atoms. The predicted octanol–water partition coefficient (Wildman–Crippen LogP) is 3.33. The van der Waals surface area contributed by atoms with Gasteiger partial charge < -0.3 is 19.5 Å². The second-order valence-electron chi connectivity index (χ2n) is 4.35. The summed E-state index contributed by atoms with van der Waals surface area (Å²) in [5.41, 5.74) is 3.50. The van der Waals surface area contributed by atoms with Crippen molar-refractivity contribution in [3.05, 3.63) is 28.8 Å². The van der Waals surface area contributed by atoms with Crippen LogP contribution >= 0.6 is 11.6 Å². The van der Waals surface area contributed by atoms with Gasteiger partial charge in [0.25, 0.3) is 0 Å². The van der Waals surface area contributed by atoms with Gasteiger partial charge in [0.1, 0.15) is 6.61 Å². The van der Waals surface area contributed by atoms with E-state index in [9.17, 15) is 0 Å². The summed E-state index contributed by atoms with van der Waals surface area (Å²) in [5.74, 6) is 1.90. The first kappa shape index (κ1) is 16.7. The minimum Gasteiger partial charge on any atom is -0.493 e. The minimum absolute atomic E-state index is 0.392. The highest BCUT2D eigenvalue weighted by Crippen LogP contribution is 2.38. The third-order valence-electron chi connectivity index (χ3n) is 2.73. The number of methoxy groups -OCH3 is 2. The second kappa shape index (κ2) is 8.72. The van der Waals surface area contributed by atoms with Crippen LogP contribution in [0.3, 0.4) is 0 Å². The van der Waals surface area contributed by atoms with Gasteiger partial charge in [0.15, 0.2) is 11.5 Å². The fourth-order valence-electron chi connectivity index (χ4n) is 1.67. The van der Waals surface area contributed by atoms with Crippen molar-refractivity contribution in [2.24, 2.45) is 0 Å². The van der Waals surface area contributed by atoms with Crippen molar-refractivity contribution >= 4 is 11.6 Å². The fourth-order valence-corrected chi connectivity index (χ4v) is 1.73. The van der Waals surface area contributed by atoms with Crippen LogP contribution in [0.25, 0.3) is 0 Å². The van der Waals surface area contributed by atoms with Crippen LogP contribution in [-0.2, 0) is 6.54 Å². The van der Waals surface area contributed by atoms with E-state index in [2.05, 4.69) is 12.2 Å². The molecule has 0 fully saturated rings. The van der Waals surface area contributed by atoms with E-state index in [1.54, 1.807) is 14.2 Å². The van der Waals surface area contributed by atoms with Gasteiger partial charge in [0.05, 0.1) is 14.2 Å². The largest absolute Gasteiger partial charge is 0.493 e. The van der Waals surface area contributed by atoms with E-state index in [1.807, 2.05) is 19.1 Å². The van der Waals surface area contributed by atoms with Gasteiger partial charge in [-0.25, -0.2) is 0 Å². The molecule has 0 saturated heterocycles. The van der Waals surface area contributed by atoms with Gasteiger partial charge >= 0.3 is 0 Å². The molecule has 0 aliphatic heterocycles. The Morgan fingerprint density at radius 2 is 1.85 bits per heavy atom. The van der Waals surface area contributed by atoms with E-state index >= 15 is 0 Å².